The van der Waals surface area contributed by atoms with E-state index in [1.807, 2.05) is 54.6 Å². The Bertz CT molecular complexity index is 1450. The second kappa shape index (κ2) is 8.77. The number of phenolic OH excluding ortho intramolecular Hbond substituents is 1. The first-order valence-electron chi connectivity index (χ1n) is 10.6. The van der Waals surface area contributed by atoms with Crippen LogP contribution in [0.15, 0.2) is 103 Å². The molecular weight excluding hydrogens is 587 g/mol. The predicted molar refractivity (Wildman–Crippen MR) is 126 cm³/mol. The fourth-order valence-corrected chi connectivity index (χ4v) is 4.56. The van der Waals surface area contributed by atoms with E-state index in [0.29, 0.717) is 0 Å². The van der Waals surface area contributed by atoms with E-state index in [9.17, 15) is 5.11 Å². The van der Waals surface area contributed by atoms with Gasteiger partial charge in [-0.3, -0.25) is 9.97 Å². The molecule has 162 valence electrons. The van der Waals surface area contributed by atoms with Crippen LogP contribution in [0.1, 0.15) is 22.7 Å². The van der Waals surface area contributed by atoms with Crippen molar-refractivity contribution in [1.29, 1.82) is 0 Å². The van der Waals surface area contributed by atoms with Crippen LogP contribution >= 0.6 is 0 Å². The summed E-state index contributed by atoms with van der Waals surface area (Å²) < 4.78 is 0. The smallest absolute Gasteiger partial charge is 0.0889 e. The number of hydrogen-bond donors (Lipinski definition) is 1. The van der Waals surface area contributed by atoms with Crippen molar-refractivity contribution in [2.75, 3.05) is 0 Å². The van der Waals surface area contributed by atoms with Crippen molar-refractivity contribution in [3.63, 3.8) is 0 Å². The van der Waals surface area contributed by atoms with Crippen molar-refractivity contribution >= 4 is 0 Å². The van der Waals surface area contributed by atoms with E-state index in [1.54, 1.807) is 12.3 Å². The van der Waals surface area contributed by atoms with Crippen molar-refractivity contribution in [3.8, 4) is 39.4 Å². The van der Waals surface area contributed by atoms with E-state index >= 15 is 0 Å². The van der Waals surface area contributed by atoms with Crippen LogP contribution in [0, 0.1) is 6.07 Å². The van der Waals surface area contributed by atoms with Gasteiger partial charge >= 0.3 is 0 Å². The molecular formula is C29H19N2OPt-. The van der Waals surface area contributed by atoms with Crippen molar-refractivity contribution in [3.05, 3.63) is 126 Å². The molecule has 33 heavy (non-hydrogen) atoms. The number of benzene rings is 3. The maximum atomic E-state index is 10.4. The summed E-state index contributed by atoms with van der Waals surface area (Å²) in [7, 11) is 0. The number of fused-ring (bicyclic) bond motifs is 3. The second-order valence-electron chi connectivity index (χ2n) is 7.90. The Labute approximate surface area is 207 Å². The van der Waals surface area contributed by atoms with Crippen LogP contribution in [0.3, 0.4) is 0 Å². The molecule has 3 aromatic carbocycles. The maximum Gasteiger partial charge on any atom is 0.0889 e. The molecule has 2 heterocycles. The summed E-state index contributed by atoms with van der Waals surface area (Å²) in [4.78, 5) is 9.48. The third-order valence-corrected chi connectivity index (χ3v) is 6.01. The molecule has 4 heteroatoms. The molecule has 1 N–H and O–H groups in total. The van der Waals surface area contributed by atoms with Crippen molar-refractivity contribution < 1.29 is 26.2 Å². The van der Waals surface area contributed by atoms with Gasteiger partial charge in [0.2, 0.25) is 0 Å². The first-order chi connectivity index (χ1) is 15.8. The van der Waals surface area contributed by atoms with E-state index in [2.05, 4.69) is 47.4 Å². The summed E-state index contributed by atoms with van der Waals surface area (Å²) in [6, 6.07) is 35.6. The van der Waals surface area contributed by atoms with Gasteiger partial charge in [0.25, 0.3) is 0 Å². The van der Waals surface area contributed by atoms with E-state index in [4.69, 9.17) is 4.98 Å². The molecule has 0 saturated heterocycles. The van der Waals surface area contributed by atoms with E-state index < -0.39 is 0 Å². The fourth-order valence-electron chi connectivity index (χ4n) is 4.56. The molecule has 6 rings (SSSR count). The average molecular weight is 607 g/mol. The van der Waals surface area contributed by atoms with E-state index in [0.717, 1.165) is 39.3 Å². The summed E-state index contributed by atoms with van der Waals surface area (Å²) in [5.41, 5.74) is 8.99. The van der Waals surface area contributed by atoms with Crippen LogP contribution in [0.25, 0.3) is 33.6 Å². The Balaban J connectivity index is 0.00000228. The van der Waals surface area contributed by atoms with Gasteiger partial charge in [-0.2, -0.15) is 0 Å². The molecule has 1 aliphatic rings. The van der Waals surface area contributed by atoms with Crippen molar-refractivity contribution in [2.45, 2.75) is 5.92 Å². The molecule has 3 nitrogen and oxygen atoms in total. The van der Waals surface area contributed by atoms with Crippen LogP contribution in [0.2, 0.25) is 0 Å². The molecule has 0 amide bonds. The van der Waals surface area contributed by atoms with Crippen LogP contribution in [0.5, 0.6) is 5.75 Å². The maximum absolute atomic E-state index is 10.4. The molecule has 0 aliphatic heterocycles. The number of aromatic hydroxyl groups is 1. The minimum absolute atomic E-state index is 0. The van der Waals surface area contributed by atoms with E-state index in [-0.39, 0.29) is 32.7 Å². The molecule has 2 aromatic heterocycles. The third-order valence-electron chi connectivity index (χ3n) is 6.01. The van der Waals surface area contributed by atoms with Gasteiger partial charge in [0.1, 0.15) is 0 Å². The average Bonchev–Trinajstić information content (AvgIpc) is 3.19. The monoisotopic (exact) mass is 606 g/mol. The van der Waals surface area contributed by atoms with Crippen molar-refractivity contribution in [2.24, 2.45) is 0 Å². The first-order valence-corrected chi connectivity index (χ1v) is 10.6. The second-order valence-corrected chi connectivity index (χ2v) is 7.90. The third kappa shape index (κ3) is 3.69. The number of rotatable bonds is 3. The number of para-hydroxylation sites is 1. The first kappa shape index (κ1) is 21.3. The molecule has 1 unspecified atom stereocenters. The molecule has 5 aromatic rings. The van der Waals surface area contributed by atoms with Gasteiger partial charge in [-0.1, -0.05) is 71.3 Å². The minimum Gasteiger partial charge on any atom is -0.517 e. The standard InChI is InChI=1S/C29H19N2O.Pt/c32-28-14-4-3-8-20(28)19-15-16-22-21-9-1-2-10-23(21)29(24(22)18-19)27-13-7-12-26(31-27)25-11-5-6-17-30-25;/h1-17,29,32H;/q-1;. The van der Waals surface area contributed by atoms with Gasteiger partial charge in [0.05, 0.1) is 22.8 Å². The Morgan fingerprint density at radius 2 is 1.42 bits per heavy atom. The van der Waals surface area contributed by atoms with Gasteiger partial charge < -0.3 is 5.11 Å². The molecule has 0 radical (unpaired) electrons. The molecule has 0 fully saturated rings. The largest absolute Gasteiger partial charge is 0.517 e. The topological polar surface area (TPSA) is 46.0 Å². The summed E-state index contributed by atoms with van der Waals surface area (Å²) in [6.45, 7) is 0. The minimum atomic E-state index is -0.0318. The summed E-state index contributed by atoms with van der Waals surface area (Å²) >= 11 is 0. The predicted octanol–water partition coefficient (Wildman–Crippen LogP) is 6.47. The summed E-state index contributed by atoms with van der Waals surface area (Å²) in [6.07, 6.45) is 1.79. The zero-order valence-corrected chi connectivity index (χ0v) is 19.8. The summed E-state index contributed by atoms with van der Waals surface area (Å²) in [5.74, 6) is 0.224. The normalized spacial score (nSPS) is 13.6. The number of aromatic nitrogens is 2. The Hall–Kier alpha value is -3.55. The number of phenols is 1. The Morgan fingerprint density at radius 1 is 0.667 bits per heavy atom. The molecule has 0 saturated carbocycles. The van der Waals surface area contributed by atoms with E-state index in [1.165, 1.54) is 11.1 Å². The zero-order valence-electron chi connectivity index (χ0n) is 17.6. The number of hydrogen-bond acceptors (Lipinski definition) is 3. The van der Waals surface area contributed by atoms with Crippen molar-refractivity contribution in [1.82, 2.24) is 9.97 Å². The van der Waals surface area contributed by atoms with Crippen LogP contribution in [-0.4, -0.2) is 15.1 Å². The van der Waals surface area contributed by atoms with Crippen LogP contribution < -0.4 is 0 Å². The SMILES string of the molecule is Oc1ccccc1-c1[c-]c2c(cc1)-c1ccccc1C2c1cccc(-c2ccccn2)n1.[Pt]. The molecule has 1 atom stereocenters. The zero-order chi connectivity index (χ0) is 21.5. The van der Waals surface area contributed by atoms with Gasteiger partial charge in [-0.05, 0) is 35.9 Å². The number of pyridine rings is 2. The number of nitrogens with zero attached hydrogens (tertiary/aromatic N) is 2. The van der Waals surface area contributed by atoms with Crippen LogP contribution in [-0.2, 0) is 21.1 Å². The molecule has 0 spiro atoms. The van der Waals surface area contributed by atoms with Gasteiger partial charge in [-0.15, -0.1) is 29.3 Å². The molecule has 0 bridgehead atoms. The summed E-state index contributed by atoms with van der Waals surface area (Å²) in [5, 5.41) is 10.4. The Morgan fingerprint density at radius 3 is 2.24 bits per heavy atom. The van der Waals surface area contributed by atoms with Gasteiger partial charge in [-0.25, -0.2) is 0 Å². The van der Waals surface area contributed by atoms with Crippen LogP contribution in [0.4, 0.5) is 0 Å². The molecule has 1 aliphatic carbocycles. The van der Waals surface area contributed by atoms with Gasteiger partial charge in [0, 0.05) is 33.2 Å². The Kier molecular flexibility index (Phi) is 5.66. The quantitative estimate of drug-likeness (QED) is 0.235. The fraction of sp³-hybridized carbons (Fsp3) is 0.0345. The van der Waals surface area contributed by atoms with Gasteiger partial charge in [0.15, 0.2) is 0 Å².